The third-order valence-corrected chi connectivity index (χ3v) is 2.54. The highest BCUT2D eigenvalue weighted by Crippen LogP contribution is 2.05. The number of benzene rings is 1. The summed E-state index contributed by atoms with van der Waals surface area (Å²) < 4.78 is 2.44. The number of halogens is 1. The van der Waals surface area contributed by atoms with Crippen LogP contribution in [-0.4, -0.2) is 21.1 Å². The van der Waals surface area contributed by atoms with Crippen molar-refractivity contribution in [3.8, 4) is 0 Å². The lowest BCUT2D eigenvalue weighted by Gasteiger charge is -1.97. The summed E-state index contributed by atoms with van der Waals surface area (Å²) in [5.41, 5.74) is 3.68. The van der Waals surface area contributed by atoms with Crippen LogP contribution in [0.3, 0.4) is 0 Å². The van der Waals surface area contributed by atoms with Gasteiger partial charge in [-0.3, -0.25) is 0 Å². The van der Waals surface area contributed by atoms with Crippen molar-refractivity contribution >= 4 is 34.8 Å². The summed E-state index contributed by atoms with van der Waals surface area (Å²) in [6.07, 6.45) is 3.08. The molecule has 0 aliphatic carbocycles. The van der Waals surface area contributed by atoms with Gasteiger partial charge in [0.25, 0.3) is 5.95 Å². The first-order valence-corrected chi connectivity index (χ1v) is 5.53. The summed E-state index contributed by atoms with van der Waals surface area (Å²) in [5.74, 6) is 5.88. The van der Waals surface area contributed by atoms with Crippen LogP contribution in [0.15, 0.2) is 35.7 Å². The quantitative estimate of drug-likeness (QED) is 0.382. The van der Waals surface area contributed by atoms with Crippen molar-refractivity contribution in [3.05, 3.63) is 39.7 Å². The van der Waals surface area contributed by atoms with Crippen LogP contribution < -0.4 is 11.3 Å². The number of hydrazone groups is 1. The van der Waals surface area contributed by atoms with Gasteiger partial charge in [-0.15, -0.1) is 10.2 Å². The van der Waals surface area contributed by atoms with Crippen LogP contribution in [0.25, 0.3) is 0 Å². The molecule has 0 saturated heterocycles. The molecule has 2 rings (SSSR count). The second kappa shape index (κ2) is 4.92. The van der Waals surface area contributed by atoms with Gasteiger partial charge in [0.1, 0.15) is 6.33 Å². The number of nitrogens with one attached hydrogen (secondary N) is 1. The van der Waals surface area contributed by atoms with Gasteiger partial charge in [0.05, 0.1) is 6.21 Å². The Morgan fingerprint density at radius 1 is 1.38 bits per heavy atom. The second-order valence-corrected chi connectivity index (χ2v) is 4.23. The van der Waals surface area contributed by atoms with Crippen LogP contribution in [0.1, 0.15) is 5.56 Å². The number of anilines is 1. The van der Waals surface area contributed by atoms with E-state index in [1.807, 2.05) is 24.3 Å². The molecule has 0 amide bonds. The molecular formula is C9H9IN6. The number of hydrogen-bond donors (Lipinski definition) is 2. The van der Waals surface area contributed by atoms with Crippen LogP contribution in [0.5, 0.6) is 0 Å². The Kier molecular flexibility index (Phi) is 3.34. The molecule has 0 atom stereocenters. The zero-order chi connectivity index (χ0) is 11.4. The van der Waals surface area contributed by atoms with Gasteiger partial charge in [-0.25, -0.2) is 10.1 Å². The molecule has 0 fully saturated rings. The van der Waals surface area contributed by atoms with Gasteiger partial charge in [-0.05, 0) is 40.3 Å². The molecule has 3 N–H and O–H groups in total. The highest BCUT2D eigenvalue weighted by atomic mass is 127. The molecule has 6 nitrogen and oxygen atoms in total. The number of hydrogen-bond acceptors (Lipinski definition) is 5. The molecule has 0 saturated carbocycles. The number of aromatic nitrogens is 3. The van der Waals surface area contributed by atoms with Gasteiger partial charge < -0.3 is 5.84 Å². The van der Waals surface area contributed by atoms with E-state index in [0.717, 1.165) is 5.56 Å². The maximum atomic E-state index is 5.49. The van der Waals surface area contributed by atoms with Crippen molar-refractivity contribution in [1.29, 1.82) is 0 Å². The fourth-order valence-electron chi connectivity index (χ4n) is 1.04. The van der Waals surface area contributed by atoms with Gasteiger partial charge in [-0.2, -0.15) is 5.10 Å². The van der Waals surface area contributed by atoms with Gasteiger partial charge in [-0.1, -0.05) is 12.1 Å². The molecule has 0 spiro atoms. The number of rotatable bonds is 3. The first kappa shape index (κ1) is 10.9. The number of nitrogens with zero attached hydrogens (tertiary/aromatic N) is 4. The molecular weight excluding hydrogens is 319 g/mol. The van der Waals surface area contributed by atoms with Gasteiger partial charge in [0, 0.05) is 3.57 Å². The van der Waals surface area contributed by atoms with Gasteiger partial charge in [0.15, 0.2) is 0 Å². The van der Waals surface area contributed by atoms with E-state index < -0.39 is 0 Å². The van der Waals surface area contributed by atoms with Crippen LogP contribution in [0.2, 0.25) is 0 Å². The second-order valence-electron chi connectivity index (χ2n) is 2.98. The Hall–Kier alpha value is -1.64. The molecule has 7 heteroatoms. The lowest BCUT2D eigenvalue weighted by atomic mass is 10.2. The van der Waals surface area contributed by atoms with Crippen molar-refractivity contribution in [2.75, 3.05) is 11.3 Å². The van der Waals surface area contributed by atoms with Crippen molar-refractivity contribution in [1.82, 2.24) is 14.9 Å². The minimum atomic E-state index is 0.391. The Morgan fingerprint density at radius 3 is 2.75 bits per heavy atom. The molecule has 16 heavy (non-hydrogen) atoms. The Bertz CT molecular complexity index is 489. The standard InChI is InChI=1S/C9H9IN6/c10-8-3-1-7(2-4-8)5-12-14-9-15-13-6-16(9)11/h1-6H,11H2,(H,14,15). The van der Waals surface area contributed by atoms with E-state index in [0.29, 0.717) is 5.95 Å². The molecule has 0 bridgehead atoms. The minimum Gasteiger partial charge on any atom is -0.335 e. The molecule has 1 aromatic heterocycles. The third kappa shape index (κ3) is 2.69. The summed E-state index contributed by atoms with van der Waals surface area (Å²) in [5, 5.41) is 11.3. The van der Waals surface area contributed by atoms with Crippen LogP contribution in [0, 0.1) is 3.57 Å². The van der Waals surface area contributed by atoms with Gasteiger partial charge >= 0.3 is 0 Å². The topological polar surface area (TPSA) is 81.1 Å². The highest BCUT2D eigenvalue weighted by molar-refractivity contribution is 14.1. The van der Waals surface area contributed by atoms with Crippen molar-refractivity contribution in [2.45, 2.75) is 0 Å². The van der Waals surface area contributed by atoms with Crippen molar-refractivity contribution in [2.24, 2.45) is 5.10 Å². The Morgan fingerprint density at radius 2 is 2.12 bits per heavy atom. The van der Waals surface area contributed by atoms with E-state index in [2.05, 4.69) is 43.3 Å². The van der Waals surface area contributed by atoms with E-state index in [1.165, 1.54) is 14.6 Å². The highest BCUT2D eigenvalue weighted by Gasteiger charge is 1.96. The van der Waals surface area contributed by atoms with E-state index >= 15 is 0 Å². The minimum absolute atomic E-state index is 0.391. The fraction of sp³-hybridized carbons (Fsp3) is 0. The van der Waals surface area contributed by atoms with Gasteiger partial charge in [0.2, 0.25) is 0 Å². The summed E-state index contributed by atoms with van der Waals surface area (Å²) in [6, 6.07) is 7.96. The maximum Gasteiger partial charge on any atom is 0.263 e. The molecule has 0 unspecified atom stereocenters. The SMILES string of the molecule is Nn1cnnc1NN=Cc1ccc(I)cc1. The molecule has 0 aliphatic rings. The maximum absolute atomic E-state index is 5.49. The number of nitrogens with two attached hydrogens (primary N) is 1. The van der Waals surface area contributed by atoms with Crippen LogP contribution in [0.4, 0.5) is 5.95 Å². The zero-order valence-corrected chi connectivity index (χ0v) is 10.4. The van der Waals surface area contributed by atoms with Crippen LogP contribution in [-0.2, 0) is 0 Å². The smallest absolute Gasteiger partial charge is 0.263 e. The first-order chi connectivity index (χ1) is 7.75. The summed E-state index contributed by atoms with van der Waals surface area (Å²) in [6.45, 7) is 0. The van der Waals surface area contributed by atoms with E-state index in [9.17, 15) is 0 Å². The monoisotopic (exact) mass is 328 g/mol. The lowest BCUT2D eigenvalue weighted by Crippen LogP contribution is -2.10. The zero-order valence-electron chi connectivity index (χ0n) is 8.21. The predicted molar refractivity (Wildman–Crippen MR) is 70.5 cm³/mol. The summed E-state index contributed by atoms with van der Waals surface area (Å²) >= 11 is 2.25. The normalized spacial score (nSPS) is 10.8. The van der Waals surface area contributed by atoms with Crippen molar-refractivity contribution < 1.29 is 0 Å². The fourth-order valence-corrected chi connectivity index (χ4v) is 1.40. The largest absolute Gasteiger partial charge is 0.335 e. The van der Waals surface area contributed by atoms with Crippen LogP contribution >= 0.6 is 22.6 Å². The van der Waals surface area contributed by atoms with E-state index in [4.69, 9.17) is 5.84 Å². The Balaban J connectivity index is 2.00. The molecule has 0 aliphatic heterocycles. The summed E-state index contributed by atoms with van der Waals surface area (Å²) in [4.78, 5) is 0. The average Bonchev–Trinajstić information content (AvgIpc) is 2.68. The first-order valence-electron chi connectivity index (χ1n) is 4.45. The molecule has 2 aromatic rings. The molecule has 82 valence electrons. The van der Waals surface area contributed by atoms with E-state index in [1.54, 1.807) is 6.21 Å². The lowest BCUT2D eigenvalue weighted by molar-refractivity contribution is 0.988. The molecule has 1 heterocycles. The predicted octanol–water partition coefficient (Wildman–Crippen LogP) is 1.04. The van der Waals surface area contributed by atoms with E-state index in [-0.39, 0.29) is 0 Å². The van der Waals surface area contributed by atoms with Crippen molar-refractivity contribution in [3.63, 3.8) is 0 Å². The number of nitrogen functional groups attached to an aromatic ring is 1. The molecule has 0 radical (unpaired) electrons. The average molecular weight is 328 g/mol. The summed E-state index contributed by atoms with van der Waals surface area (Å²) in [7, 11) is 0. The Labute approximate surface area is 106 Å². The molecule has 1 aromatic carbocycles. The third-order valence-electron chi connectivity index (χ3n) is 1.82.